The highest BCUT2D eigenvalue weighted by atomic mass is 16.5. The summed E-state index contributed by atoms with van der Waals surface area (Å²) in [6.45, 7) is 0.0202. The van der Waals surface area contributed by atoms with Crippen LogP contribution in [0.3, 0.4) is 0 Å². The van der Waals surface area contributed by atoms with Crippen molar-refractivity contribution in [3.8, 4) is 0 Å². The van der Waals surface area contributed by atoms with E-state index in [1.165, 1.54) is 7.11 Å². The standard InChI is InChI=1S/C6H10N6O2/c1-14-3-12(2-13)6-10-4(7)9-5(8)11-6/h2H,3H2,1H3,(H4,7,8,9,10,11). The maximum absolute atomic E-state index is 10.6. The van der Waals surface area contributed by atoms with Crippen LogP contribution in [-0.2, 0) is 9.53 Å². The predicted octanol–water partition coefficient (Wildman–Crippen LogP) is -1.40. The Labute approximate surface area is 79.9 Å². The lowest BCUT2D eigenvalue weighted by Crippen LogP contribution is -2.26. The molecule has 0 unspecified atom stereocenters. The Morgan fingerprint density at radius 3 is 2.36 bits per heavy atom. The highest BCUT2D eigenvalue weighted by Gasteiger charge is 2.09. The van der Waals surface area contributed by atoms with E-state index in [4.69, 9.17) is 16.2 Å². The summed E-state index contributed by atoms with van der Waals surface area (Å²) in [6.07, 6.45) is 0.512. The number of aromatic nitrogens is 3. The number of rotatable bonds is 4. The second-order valence-corrected chi connectivity index (χ2v) is 2.34. The number of nitrogen functional groups attached to an aromatic ring is 2. The normalized spacial score (nSPS) is 9.79. The van der Waals surface area contributed by atoms with Crippen molar-refractivity contribution in [2.24, 2.45) is 0 Å². The second-order valence-electron chi connectivity index (χ2n) is 2.34. The van der Waals surface area contributed by atoms with Gasteiger partial charge in [0.25, 0.3) is 0 Å². The van der Waals surface area contributed by atoms with E-state index in [-0.39, 0.29) is 24.6 Å². The minimum absolute atomic E-state index is 0.0202. The van der Waals surface area contributed by atoms with Crippen molar-refractivity contribution in [3.63, 3.8) is 0 Å². The van der Waals surface area contributed by atoms with Crippen LogP contribution in [0, 0.1) is 0 Å². The zero-order chi connectivity index (χ0) is 10.6. The smallest absolute Gasteiger partial charge is 0.240 e. The van der Waals surface area contributed by atoms with Crippen LogP contribution in [0.25, 0.3) is 0 Å². The molecule has 0 saturated carbocycles. The Kier molecular flexibility index (Phi) is 3.13. The number of anilines is 3. The summed E-state index contributed by atoms with van der Waals surface area (Å²) in [5, 5.41) is 0. The highest BCUT2D eigenvalue weighted by molar-refractivity contribution is 5.71. The molecule has 8 nitrogen and oxygen atoms in total. The molecule has 14 heavy (non-hydrogen) atoms. The van der Waals surface area contributed by atoms with Gasteiger partial charge in [-0.25, -0.2) is 0 Å². The molecule has 8 heteroatoms. The van der Waals surface area contributed by atoms with Gasteiger partial charge in [-0.3, -0.25) is 9.69 Å². The van der Waals surface area contributed by atoms with Crippen molar-refractivity contribution >= 4 is 24.3 Å². The molecule has 1 amide bonds. The number of carbonyl (C=O) groups excluding carboxylic acids is 1. The molecule has 0 aromatic carbocycles. The predicted molar refractivity (Wildman–Crippen MR) is 49.1 cm³/mol. The van der Waals surface area contributed by atoms with Gasteiger partial charge in [0.05, 0.1) is 0 Å². The average molecular weight is 198 g/mol. The Hall–Kier alpha value is -1.96. The van der Waals surface area contributed by atoms with Crippen LogP contribution in [0.5, 0.6) is 0 Å². The monoisotopic (exact) mass is 198 g/mol. The van der Waals surface area contributed by atoms with Gasteiger partial charge in [-0.05, 0) is 0 Å². The lowest BCUT2D eigenvalue weighted by Gasteiger charge is -2.13. The average Bonchev–Trinajstić information content (AvgIpc) is 2.12. The van der Waals surface area contributed by atoms with E-state index in [0.717, 1.165) is 4.90 Å². The molecule has 1 rings (SSSR count). The van der Waals surface area contributed by atoms with Gasteiger partial charge in [-0.1, -0.05) is 0 Å². The van der Waals surface area contributed by atoms with Gasteiger partial charge < -0.3 is 16.2 Å². The molecular weight excluding hydrogens is 188 g/mol. The van der Waals surface area contributed by atoms with Gasteiger partial charge in [0.2, 0.25) is 24.3 Å². The summed E-state index contributed by atoms with van der Waals surface area (Å²) in [7, 11) is 1.43. The molecule has 1 aromatic heterocycles. The van der Waals surface area contributed by atoms with Crippen LogP contribution in [0.2, 0.25) is 0 Å². The molecule has 1 aromatic rings. The van der Waals surface area contributed by atoms with Gasteiger partial charge in [-0.2, -0.15) is 15.0 Å². The molecule has 76 valence electrons. The molecule has 0 aliphatic rings. The molecule has 0 spiro atoms. The van der Waals surface area contributed by atoms with Crippen molar-refractivity contribution < 1.29 is 9.53 Å². The van der Waals surface area contributed by atoms with Gasteiger partial charge in [-0.15, -0.1) is 0 Å². The summed E-state index contributed by atoms with van der Waals surface area (Å²) in [5.41, 5.74) is 10.6. The van der Waals surface area contributed by atoms with Crippen LogP contribution < -0.4 is 16.4 Å². The number of ether oxygens (including phenoxy) is 1. The zero-order valence-electron chi connectivity index (χ0n) is 7.54. The summed E-state index contributed by atoms with van der Waals surface area (Å²) < 4.78 is 4.74. The van der Waals surface area contributed by atoms with Crippen molar-refractivity contribution in [2.45, 2.75) is 0 Å². The zero-order valence-corrected chi connectivity index (χ0v) is 7.54. The fourth-order valence-electron chi connectivity index (χ4n) is 0.800. The van der Waals surface area contributed by atoms with Crippen LogP contribution in [0.15, 0.2) is 0 Å². The minimum Gasteiger partial charge on any atom is -0.368 e. The maximum Gasteiger partial charge on any atom is 0.240 e. The van der Waals surface area contributed by atoms with Gasteiger partial charge >= 0.3 is 0 Å². The third kappa shape index (κ3) is 2.26. The van der Waals surface area contributed by atoms with Gasteiger partial charge in [0, 0.05) is 7.11 Å². The first-order valence-corrected chi connectivity index (χ1v) is 3.65. The first-order valence-electron chi connectivity index (χ1n) is 3.65. The number of hydrogen-bond donors (Lipinski definition) is 2. The van der Waals surface area contributed by atoms with Crippen molar-refractivity contribution in [1.29, 1.82) is 0 Å². The molecular formula is C6H10N6O2. The van der Waals surface area contributed by atoms with E-state index in [0.29, 0.717) is 6.41 Å². The highest BCUT2D eigenvalue weighted by Crippen LogP contribution is 2.07. The first-order chi connectivity index (χ1) is 6.67. The van der Waals surface area contributed by atoms with Gasteiger partial charge in [0.1, 0.15) is 6.73 Å². The molecule has 1 heterocycles. The Morgan fingerprint density at radius 1 is 1.36 bits per heavy atom. The Bertz CT molecular complexity index is 310. The van der Waals surface area contributed by atoms with Crippen molar-refractivity contribution in [3.05, 3.63) is 0 Å². The molecule has 0 aliphatic carbocycles. The van der Waals surface area contributed by atoms with Crippen molar-refractivity contribution in [2.75, 3.05) is 30.2 Å². The molecule has 0 radical (unpaired) electrons. The fourth-order valence-corrected chi connectivity index (χ4v) is 0.800. The van der Waals surface area contributed by atoms with Crippen molar-refractivity contribution in [1.82, 2.24) is 15.0 Å². The molecule has 0 fully saturated rings. The summed E-state index contributed by atoms with van der Waals surface area (Å²) in [4.78, 5) is 22.7. The molecule has 0 saturated heterocycles. The van der Waals surface area contributed by atoms with Crippen LogP contribution in [-0.4, -0.2) is 35.2 Å². The summed E-state index contributed by atoms with van der Waals surface area (Å²) in [6, 6.07) is 0. The second kappa shape index (κ2) is 4.33. The van der Waals surface area contributed by atoms with E-state index >= 15 is 0 Å². The minimum atomic E-state index is -0.0459. The number of amides is 1. The van der Waals surface area contributed by atoms with E-state index in [9.17, 15) is 4.79 Å². The summed E-state index contributed by atoms with van der Waals surface area (Å²) >= 11 is 0. The van der Waals surface area contributed by atoms with Crippen LogP contribution in [0.4, 0.5) is 17.8 Å². The molecule has 0 atom stereocenters. The largest absolute Gasteiger partial charge is 0.368 e. The third-order valence-electron chi connectivity index (χ3n) is 1.31. The Morgan fingerprint density at radius 2 is 1.93 bits per heavy atom. The number of nitrogens with zero attached hydrogens (tertiary/aromatic N) is 4. The number of methoxy groups -OCH3 is 1. The molecule has 0 aliphatic heterocycles. The summed E-state index contributed by atoms with van der Waals surface area (Å²) in [5.74, 6) is -0.0299. The number of carbonyl (C=O) groups is 1. The van der Waals surface area contributed by atoms with E-state index < -0.39 is 0 Å². The number of hydrogen-bond acceptors (Lipinski definition) is 7. The lowest BCUT2D eigenvalue weighted by atomic mass is 10.7. The quantitative estimate of drug-likeness (QED) is 0.451. The first kappa shape index (κ1) is 10.1. The van der Waals surface area contributed by atoms with Crippen LogP contribution >= 0.6 is 0 Å². The molecule has 0 bridgehead atoms. The number of nitrogens with two attached hydrogens (primary N) is 2. The van der Waals surface area contributed by atoms with E-state index in [2.05, 4.69) is 15.0 Å². The topological polar surface area (TPSA) is 120 Å². The Balaban J connectivity index is 2.97. The third-order valence-corrected chi connectivity index (χ3v) is 1.31. The van der Waals surface area contributed by atoms with E-state index in [1.54, 1.807) is 0 Å². The fraction of sp³-hybridized carbons (Fsp3) is 0.333. The van der Waals surface area contributed by atoms with Crippen LogP contribution in [0.1, 0.15) is 0 Å². The SMILES string of the molecule is COCN(C=O)c1nc(N)nc(N)n1. The maximum atomic E-state index is 10.6. The lowest BCUT2D eigenvalue weighted by molar-refractivity contribution is -0.108. The van der Waals surface area contributed by atoms with Gasteiger partial charge in [0.15, 0.2) is 0 Å². The van der Waals surface area contributed by atoms with E-state index in [1.807, 2.05) is 0 Å². The molecule has 4 N–H and O–H groups in total.